The maximum atomic E-state index is 5.24. The van der Waals surface area contributed by atoms with Crippen molar-refractivity contribution in [3.63, 3.8) is 0 Å². The first-order chi connectivity index (χ1) is 9.21. The van der Waals surface area contributed by atoms with Gasteiger partial charge in [0.15, 0.2) is 11.7 Å². The van der Waals surface area contributed by atoms with Crippen molar-refractivity contribution in [3.05, 3.63) is 17.5 Å². The molecule has 0 spiro atoms. The Kier molecular flexibility index (Phi) is 10.5. The van der Waals surface area contributed by atoms with Crippen LogP contribution in [0.15, 0.2) is 15.6 Å². The summed E-state index contributed by atoms with van der Waals surface area (Å²) in [6.07, 6.45) is 3.25. The topological polar surface area (TPSA) is 53.7 Å². The Morgan fingerprint density at radius 2 is 2.15 bits per heavy atom. The Morgan fingerprint density at radius 3 is 2.70 bits per heavy atom. The van der Waals surface area contributed by atoms with Crippen LogP contribution in [0.5, 0.6) is 0 Å². The van der Waals surface area contributed by atoms with E-state index < -0.39 is 0 Å². The van der Waals surface area contributed by atoms with E-state index in [1.165, 1.54) is 12.8 Å². The molecule has 116 valence electrons. The molecule has 0 aromatic carbocycles. The summed E-state index contributed by atoms with van der Waals surface area (Å²) >= 11 is 0. The molecule has 0 saturated carbocycles. The molecule has 1 N–H and O–H groups in total. The third kappa shape index (κ3) is 6.58. The van der Waals surface area contributed by atoms with Gasteiger partial charge in [-0.3, -0.25) is 0 Å². The first-order valence-electron chi connectivity index (χ1n) is 7.15. The van der Waals surface area contributed by atoms with Gasteiger partial charge in [-0.25, -0.2) is 4.99 Å². The van der Waals surface area contributed by atoms with Gasteiger partial charge in [-0.1, -0.05) is 25.4 Å². The first kappa shape index (κ1) is 19.2. The van der Waals surface area contributed by atoms with E-state index in [9.17, 15) is 0 Å². The number of nitrogens with one attached hydrogen (secondary N) is 1. The van der Waals surface area contributed by atoms with E-state index in [4.69, 9.17) is 4.52 Å². The summed E-state index contributed by atoms with van der Waals surface area (Å²) in [6, 6.07) is 1.97. The number of guanidine groups is 1. The number of unbranched alkanes of at least 4 members (excludes halogenated alkanes) is 1. The van der Waals surface area contributed by atoms with Crippen LogP contribution in [0.4, 0.5) is 0 Å². The highest BCUT2D eigenvalue weighted by Crippen LogP contribution is 2.06. The summed E-state index contributed by atoms with van der Waals surface area (Å²) in [6.45, 7) is 8.75. The van der Waals surface area contributed by atoms with Crippen molar-refractivity contribution in [2.75, 3.05) is 20.1 Å². The fraction of sp³-hybridized carbons (Fsp3) is 0.714. The van der Waals surface area contributed by atoms with Gasteiger partial charge < -0.3 is 14.7 Å². The maximum absolute atomic E-state index is 5.24. The maximum Gasteiger partial charge on any atom is 0.194 e. The Labute approximate surface area is 139 Å². The molecule has 1 aromatic heterocycles. The average molecular weight is 394 g/mol. The predicted molar refractivity (Wildman–Crippen MR) is 93.6 cm³/mol. The lowest BCUT2D eigenvalue weighted by Gasteiger charge is -2.21. The highest BCUT2D eigenvalue weighted by Gasteiger charge is 2.06. The van der Waals surface area contributed by atoms with E-state index in [1.807, 2.05) is 6.07 Å². The first-order valence-corrected chi connectivity index (χ1v) is 7.15. The predicted octanol–water partition coefficient (Wildman–Crippen LogP) is 3.05. The summed E-state index contributed by atoms with van der Waals surface area (Å²) in [4.78, 5) is 6.74. The SMILES string of the molecule is CCCCN(C)C(=NCc1cc(CC)no1)NCC.I. The molecule has 20 heavy (non-hydrogen) atoms. The number of aliphatic imine (C=N–C) groups is 1. The summed E-state index contributed by atoms with van der Waals surface area (Å²) in [5.74, 6) is 1.74. The van der Waals surface area contributed by atoms with Crippen molar-refractivity contribution in [2.24, 2.45) is 4.99 Å². The highest BCUT2D eigenvalue weighted by molar-refractivity contribution is 14.0. The summed E-state index contributed by atoms with van der Waals surface area (Å²) in [5, 5.41) is 7.27. The zero-order valence-electron chi connectivity index (χ0n) is 13.0. The Bertz CT molecular complexity index is 392. The van der Waals surface area contributed by atoms with Gasteiger partial charge in [-0.05, 0) is 19.8 Å². The highest BCUT2D eigenvalue weighted by atomic mass is 127. The molecule has 0 unspecified atom stereocenters. The Balaban J connectivity index is 0.00000361. The van der Waals surface area contributed by atoms with Crippen molar-refractivity contribution in [1.82, 2.24) is 15.4 Å². The minimum atomic E-state index is 0. The normalized spacial score (nSPS) is 11.1. The lowest BCUT2D eigenvalue weighted by Crippen LogP contribution is -2.39. The van der Waals surface area contributed by atoms with Gasteiger partial charge in [0.2, 0.25) is 0 Å². The number of rotatable bonds is 7. The molecule has 0 atom stereocenters. The summed E-state index contributed by atoms with van der Waals surface area (Å²) in [7, 11) is 2.06. The van der Waals surface area contributed by atoms with Crippen molar-refractivity contribution >= 4 is 29.9 Å². The van der Waals surface area contributed by atoms with Crippen molar-refractivity contribution in [3.8, 4) is 0 Å². The summed E-state index contributed by atoms with van der Waals surface area (Å²) < 4.78 is 5.24. The molecule has 0 aliphatic heterocycles. The van der Waals surface area contributed by atoms with E-state index in [0.29, 0.717) is 6.54 Å². The quantitative estimate of drug-likeness (QED) is 0.439. The van der Waals surface area contributed by atoms with Crippen molar-refractivity contribution in [1.29, 1.82) is 0 Å². The van der Waals surface area contributed by atoms with Crippen molar-refractivity contribution in [2.45, 2.75) is 46.6 Å². The van der Waals surface area contributed by atoms with Crippen LogP contribution in [0.3, 0.4) is 0 Å². The molecule has 5 nitrogen and oxygen atoms in total. The Hall–Kier alpha value is -0.790. The second kappa shape index (κ2) is 10.9. The zero-order valence-corrected chi connectivity index (χ0v) is 15.3. The van der Waals surface area contributed by atoms with Gasteiger partial charge in [-0.15, -0.1) is 24.0 Å². The number of hydrogen-bond acceptors (Lipinski definition) is 3. The van der Waals surface area contributed by atoms with Crippen LogP contribution in [0.1, 0.15) is 45.1 Å². The molecule has 0 fully saturated rings. The third-order valence-electron chi connectivity index (χ3n) is 2.90. The van der Waals surface area contributed by atoms with E-state index in [-0.39, 0.29) is 24.0 Å². The van der Waals surface area contributed by atoms with E-state index in [2.05, 4.69) is 48.2 Å². The van der Waals surface area contributed by atoms with Crippen molar-refractivity contribution < 1.29 is 4.52 Å². The van der Waals surface area contributed by atoms with Crippen LogP contribution in [0.25, 0.3) is 0 Å². The third-order valence-corrected chi connectivity index (χ3v) is 2.90. The van der Waals surface area contributed by atoms with E-state index in [1.54, 1.807) is 0 Å². The average Bonchev–Trinajstić information content (AvgIpc) is 2.88. The van der Waals surface area contributed by atoms with Crippen LogP contribution < -0.4 is 5.32 Å². The minimum absolute atomic E-state index is 0. The van der Waals surface area contributed by atoms with Gasteiger partial charge in [0, 0.05) is 26.2 Å². The molecule has 1 heterocycles. The number of aryl methyl sites for hydroxylation is 1. The lowest BCUT2D eigenvalue weighted by molar-refractivity contribution is 0.378. The largest absolute Gasteiger partial charge is 0.359 e. The number of halogens is 1. The molecule has 0 bridgehead atoms. The smallest absolute Gasteiger partial charge is 0.194 e. The van der Waals surface area contributed by atoms with Crippen LogP contribution in [0.2, 0.25) is 0 Å². The number of nitrogens with zero attached hydrogens (tertiary/aromatic N) is 3. The molecule has 6 heteroatoms. The lowest BCUT2D eigenvalue weighted by atomic mass is 10.3. The molecular weight excluding hydrogens is 367 g/mol. The molecule has 0 aliphatic carbocycles. The Morgan fingerprint density at radius 1 is 1.40 bits per heavy atom. The van der Waals surface area contributed by atoms with Gasteiger partial charge >= 0.3 is 0 Å². The molecule has 0 amide bonds. The molecule has 0 radical (unpaired) electrons. The van der Waals surface area contributed by atoms with Gasteiger partial charge in [0.25, 0.3) is 0 Å². The van der Waals surface area contributed by atoms with Crippen LogP contribution >= 0.6 is 24.0 Å². The zero-order chi connectivity index (χ0) is 14.1. The second-order valence-electron chi connectivity index (χ2n) is 4.58. The fourth-order valence-electron chi connectivity index (χ4n) is 1.72. The number of hydrogen-bond donors (Lipinski definition) is 1. The van der Waals surface area contributed by atoms with Gasteiger partial charge in [-0.2, -0.15) is 0 Å². The molecule has 1 aromatic rings. The minimum Gasteiger partial charge on any atom is -0.359 e. The van der Waals surface area contributed by atoms with E-state index >= 15 is 0 Å². The number of aromatic nitrogens is 1. The van der Waals surface area contributed by atoms with E-state index in [0.717, 1.165) is 36.9 Å². The summed E-state index contributed by atoms with van der Waals surface area (Å²) in [5.41, 5.74) is 0.981. The monoisotopic (exact) mass is 394 g/mol. The molecule has 0 aliphatic rings. The molecular formula is C14H27IN4O. The standard InChI is InChI=1S/C14H26N4O.HI/c1-5-8-9-18(4)14(15-7-3)16-11-13-10-12(6-2)17-19-13;/h10H,5-9,11H2,1-4H3,(H,15,16);1H. The molecule has 0 saturated heterocycles. The van der Waals surface area contributed by atoms with Gasteiger partial charge in [0.05, 0.1) is 5.69 Å². The van der Waals surface area contributed by atoms with Gasteiger partial charge in [0.1, 0.15) is 6.54 Å². The fourth-order valence-corrected chi connectivity index (χ4v) is 1.72. The van der Waals surface area contributed by atoms with Crippen LogP contribution in [-0.4, -0.2) is 36.2 Å². The van der Waals surface area contributed by atoms with Crippen LogP contribution in [0, 0.1) is 0 Å². The second-order valence-corrected chi connectivity index (χ2v) is 4.58. The molecule has 1 rings (SSSR count). The van der Waals surface area contributed by atoms with Crippen LogP contribution in [-0.2, 0) is 13.0 Å².